The number of carbonyl (C=O) groups is 6. The Morgan fingerprint density at radius 1 is 0.363 bits per heavy atom. The van der Waals surface area contributed by atoms with Crippen molar-refractivity contribution in [3.63, 3.8) is 0 Å². The van der Waals surface area contributed by atoms with Crippen molar-refractivity contribution in [2.75, 3.05) is 35.6 Å². The lowest BCUT2D eigenvalue weighted by molar-refractivity contribution is -0.126. The summed E-state index contributed by atoms with van der Waals surface area (Å²) in [5.41, 5.74) is 33.3. The Kier molecular flexibility index (Phi) is 22.4. The molecule has 18 heteroatoms. The lowest BCUT2D eigenvalue weighted by atomic mass is 9.85. The molecular formula is C73H88N12O6. The number of hydrogen-bond acceptors (Lipinski definition) is 9. The first-order valence-corrected chi connectivity index (χ1v) is 31.8. The van der Waals surface area contributed by atoms with Gasteiger partial charge < -0.3 is 64.1 Å². The molecule has 6 amide bonds. The molecule has 0 spiro atoms. The predicted octanol–water partition coefficient (Wildman–Crippen LogP) is 10.5. The molecular weight excluding hydrogens is 1140 g/mol. The van der Waals surface area contributed by atoms with Crippen LogP contribution in [0.3, 0.4) is 0 Å². The van der Waals surface area contributed by atoms with Crippen molar-refractivity contribution in [3.8, 4) is 0 Å². The number of nitrogens with one attached hydrogen (secondary N) is 9. The number of H-pyrrole nitrogens is 3. The van der Waals surface area contributed by atoms with Gasteiger partial charge in [0, 0.05) is 72.8 Å². The highest BCUT2D eigenvalue weighted by atomic mass is 16.2. The van der Waals surface area contributed by atoms with E-state index in [1.54, 1.807) is 0 Å². The highest BCUT2D eigenvalue weighted by Crippen LogP contribution is 2.35. The van der Waals surface area contributed by atoms with E-state index in [9.17, 15) is 28.8 Å². The van der Waals surface area contributed by atoms with Gasteiger partial charge >= 0.3 is 0 Å². The fourth-order valence-corrected chi connectivity index (χ4v) is 12.2. The molecule has 0 fully saturated rings. The van der Waals surface area contributed by atoms with Gasteiger partial charge in [0.2, 0.25) is 35.4 Å². The summed E-state index contributed by atoms with van der Waals surface area (Å²) >= 11 is 0. The minimum Gasteiger partial charge on any atom is -0.358 e. The zero-order chi connectivity index (χ0) is 64.7. The van der Waals surface area contributed by atoms with Crippen molar-refractivity contribution in [2.45, 2.75) is 143 Å². The molecule has 0 bridgehead atoms. The molecule has 0 saturated carbocycles. The van der Waals surface area contributed by atoms with E-state index < -0.39 is 18.1 Å². The van der Waals surface area contributed by atoms with Gasteiger partial charge in [0.25, 0.3) is 0 Å². The number of carbonyl (C=O) groups excluding carboxylic acids is 6. The summed E-state index contributed by atoms with van der Waals surface area (Å²) in [6.07, 6.45) is 5.52. The van der Waals surface area contributed by atoms with Crippen molar-refractivity contribution in [3.05, 3.63) is 195 Å². The third kappa shape index (κ3) is 17.1. The molecule has 0 aliphatic rings. The molecule has 476 valence electrons. The van der Waals surface area contributed by atoms with Gasteiger partial charge in [-0.3, -0.25) is 28.8 Å². The van der Waals surface area contributed by atoms with E-state index in [0.29, 0.717) is 94.5 Å². The van der Waals surface area contributed by atoms with Crippen LogP contribution >= 0.6 is 0 Å². The van der Waals surface area contributed by atoms with Crippen LogP contribution in [0.25, 0.3) is 32.7 Å². The number of benzene rings is 6. The molecule has 91 heavy (non-hydrogen) atoms. The summed E-state index contributed by atoms with van der Waals surface area (Å²) in [7, 11) is 0. The van der Waals surface area contributed by atoms with Crippen LogP contribution in [0.15, 0.2) is 127 Å². The van der Waals surface area contributed by atoms with E-state index in [4.69, 9.17) is 17.2 Å². The normalized spacial score (nSPS) is 12.5. The Bertz CT molecular complexity index is 3620. The third-order valence-electron chi connectivity index (χ3n) is 17.2. The number of aromatic amines is 3. The highest BCUT2D eigenvalue weighted by molar-refractivity contribution is 6.01. The number of aromatic nitrogens is 3. The molecule has 3 aromatic heterocycles. The maximum absolute atomic E-state index is 14.1. The number of nitrogens with two attached hydrogens (primary N) is 3. The van der Waals surface area contributed by atoms with Crippen molar-refractivity contribution in [2.24, 2.45) is 17.2 Å². The van der Waals surface area contributed by atoms with Crippen molar-refractivity contribution in [1.29, 1.82) is 0 Å². The smallest absolute Gasteiger partial charge is 0.246 e. The van der Waals surface area contributed by atoms with E-state index in [1.165, 1.54) is 0 Å². The Morgan fingerprint density at radius 3 is 0.879 bits per heavy atom. The predicted molar refractivity (Wildman–Crippen MR) is 365 cm³/mol. The Morgan fingerprint density at radius 2 is 0.626 bits per heavy atom. The molecule has 0 radical (unpaired) electrons. The van der Waals surface area contributed by atoms with Crippen LogP contribution in [0.4, 0.5) is 17.1 Å². The second-order valence-electron chi connectivity index (χ2n) is 24.3. The largest absolute Gasteiger partial charge is 0.358 e. The minimum atomic E-state index is -0.815. The lowest BCUT2D eigenvalue weighted by Crippen LogP contribution is -2.44. The van der Waals surface area contributed by atoms with Crippen molar-refractivity contribution < 1.29 is 28.8 Å². The summed E-state index contributed by atoms with van der Waals surface area (Å²) in [5.74, 6) is -2.23. The molecule has 6 aromatic carbocycles. The van der Waals surface area contributed by atoms with Gasteiger partial charge in [-0.15, -0.1) is 0 Å². The summed E-state index contributed by atoms with van der Waals surface area (Å²) in [6, 6.07) is 38.5. The maximum atomic E-state index is 14.1. The summed E-state index contributed by atoms with van der Waals surface area (Å²) in [6.45, 7) is 13.3. The number of rotatable bonds is 30. The molecule has 3 heterocycles. The third-order valence-corrected chi connectivity index (χ3v) is 17.2. The lowest BCUT2D eigenvalue weighted by Gasteiger charge is -2.22. The Balaban J connectivity index is 0.938. The van der Waals surface area contributed by atoms with Gasteiger partial charge in [-0.25, -0.2) is 0 Å². The van der Waals surface area contributed by atoms with Crippen molar-refractivity contribution in [1.82, 2.24) is 30.9 Å². The second-order valence-corrected chi connectivity index (χ2v) is 24.3. The molecule has 0 saturated heterocycles. The molecule has 0 aliphatic heterocycles. The molecule has 9 aromatic rings. The van der Waals surface area contributed by atoms with Crippen LogP contribution in [0, 0.1) is 41.5 Å². The topological polar surface area (TPSA) is 300 Å². The van der Waals surface area contributed by atoms with Gasteiger partial charge in [-0.1, -0.05) is 72.8 Å². The first kappa shape index (κ1) is 66.1. The first-order valence-electron chi connectivity index (χ1n) is 31.8. The van der Waals surface area contributed by atoms with Gasteiger partial charge in [-0.05, 0) is 224 Å². The first-order chi connectivity index (χ1) is 43.9. The van der Waals surface area contributed by atoms with Crippen LogP contribution in [-0.4, -0.2) is 88.2 Å². The van der Waals surface area contributed by atoms with Crippen LogP contribution in [0.2, 0.25) is 0 Å². The summed E-state index contributed by atoms with van der Waals surface area (Å²) in [5, 5.41) is 21.1. The van der Waals surface area contributed by atoms with Gasteiger partial charge in [0.05, 0.1) is 19.3 Å². The Hall–Kier alpha value is -9.36. The van der Waals surface area contributed by atoms with Gasteiger partial charge in [0.1, 0.15) is 18.1 Å². The minimum absolute atomic E-state index is 0.105. The van der Waals surface area contributed by atoms with Crippen molar-refractivity contribution >= 4 is 85.2 Å². The average molecular weight is 1230 g/mol. The molecule has 9 rings (SSSR count). The van der Waals surface area contributed by atoms with Crippen LogP contribution < -0.4 is 49.1 Å². The second kappa shape index (κ2) is 30.9. The number of unbranched alkanes of at least 4 members (excludes halogenated alkanes) is 3. The highest BCUT2D eigenvalue weighted by Gasteiger charge is 2.27. The van der Waals surface area contributed by atoms with E-state index in [2.05, 4.69) is 65.1 Å². The van der Waals surface area contributed by atoms with E-state index in [-0.39, 0.29) is 60.6 Å². The maximum Gasteiger partial charge on any atom is 0.246 e. The van der Waals surface area contributed by atoms with Crippen LogP contribution in [-0.2, 0) is 48.0 Å². The zero-order valence-corrected chi connectivity index (χ0v) is 53.2. The van der Waals surface area contributed by atoms with Crippen LogP contribution in [0.1, 0.15) is 131 Å². The fraction of sp³-hybridized carbons (Fsp3) is 0.342. The quantitative estimate of drug-likeness (QED) is 0.0150. The fourth-order valence-electron chi connectivity index (χ4n) is 12.2. The number of anilines is 3. The molecule has 18 nitrogen and oxygen atoms in total. The molecule has 3 atom stereocenters. The van der Waals surface area contributed by atoms with Crippen LogP contribution in [0.5, 0.6) is 0 Å². The molecule has 0 aliphatic carbocycles. The summed E-state index contributed by atoms with van der Waals surface area (Å²) in [4.78, 5) is 93.8. The monoisotopic (exact) mass is 1230 g/mol. The number of amides is 6. The number of hydrogen-bond donors (Lipinski definition) is 12. The average Bonchev–Trinajstić information content (AvgIpc) is 1.83. The molecule has 0 unspecified atom stereocenters. The Labute approximate surface area is 532 Å². The standard InChI is InChI=1S/C73H88N12O6/c1-43-16-31-55-58(46(4)77-64(55)37-43)40-67(86)83-61(13-7-10-34-74)71(89)80-52-25-19-49(20-26-52)70(50-21-27-53(28-22-50)81-72(90)62(14-8-11-35-75)84-68(87)41-59-47(5)78-65-38-44(2)17-32-56(59)65)51-23-29-54(30-24-51)82-73(91)63(15-9-12-36-76)85-69(88)42-60-48(6)79-66-39-45(3)18-33-57(60)66/h16-33,37-39,61-63,70,77-79H,7-15,34-36,40-42,74-76H2,1-6H3,(H,80,89)(H,81,90)(H,82,91)(H,83,86)(H,84,87)(H,85,88)/t61-,62-,63-/m0/s1. The number of aryl methyl sites for hydroxylation is 6. The van der Waals surface area contributed by atoms with Gasteiger partial charge in [0.15, 0.2) is 0 Å². The number of fused-ring (bicyclic) bond motifs is 3. The van der Waals surface area contributed by atoms with Gasteiger partial charge in [-0.2, -0.15) is 0 Å². The SMILES string of the molecule is Cc1ccc2c(CC(=O)N[C@@H](CCCCN)C(=O)Nc3ccc(C(c4ccc(NC(=O)[C@H](CCCCN)NC(=O)Cc5c(C)[nH]c6cc(C)ccc56)cc4)c4ccc(NC(=O)[C@H](CCCCN)NC(=O)Cc5c(C)[nH]c6cc(C)ccc56)cc4)cc3)c(C)[nH]c2c1. The summed E-state index contributed by atoms with van der Waals surface area (Å²) < 4.78 is 0. The van der Waals surface area contributed by atoms with E-state index >= 15 is 0 Å². The van der Waals surface area contributed by atoms with E-state index in [1.807, 2.05) is 151 Å². The van der Waals surface area contributed by atoms with E-state index in [0.717, 1.165) is 99.9 Å². The zero-order valence-electron chi connectivity index (χ0n) is 53.2. The molecule has 15 N–H and O–H groups in total.